The highest BCUT2D eigenvalue weighted by Gasteiger charge is 2.30. The molecule has 0 aromatic rings. The number of allylic oxidation sites excluding steroid dienone is 2. The first kappa shape index (κ1) is 13.3. The first-order valence-corrected chi connectivity index (χ1v) is 5.72. The lowest BCUT2D eigenvalue weighted by atomic mass is 9.89. The molecule has 0 heterocycles. The van der Waals surface area contributed by atoms with Gasteiger partial charge in [0.15, 0.2) is 0 Å². The lowest BCUT2D eigenvalue weighted by Gasteiger charge is -2.17. The topological polar surface area (TPSA) is 17.1 Å². The van der Waals surface area contributed by atoms with Crippen LogP contribution in [0.15, 0.2) is 12.2 Å². The molecule has 1 aliphatic rings. The monoisotopic (exact) mass is 234 g/mol. The van der Waals surface area contributed by atoms with Crippen molar-refractivity contribution in [1.29, 1.82) is 0 Å². The third kappa shape index (κ3) is 5.93. The summed E-state index contributed by atoms with van der Waals surface area (Å²) < 4.78 is 35.5. The van der Waals surface area contributed by atoms with Gasteiger partial charge in [0.1, 0.15) is 12.2 Å². The number of carbonyl (C=O) groups is 1. The number of hydrogen-bond donors (Lipinski definition) is 0. The molecule has 92 valence electrons. The minimum absolute atomic E-state index is 0.0873. The fourth-order valence-corrected chi connectivity index (χ4v) is 2.01. The lowest BCUT2D eigenvalue weighted by molar-refractivity contribution is -0.151. The van der Waals surface area contributed by atoms with Crippen molar-refractivity contribution in [2.45, 2.75) is 51.1 Å². The fourth-order valence-electron chi connectivity index (χ4n) is 2.01. The first-order valence-electron chi connectivity index (χ1n) is 5.72. The first-order chi connectivity index (χ1) is 7.47. The zero-order valence-corrected chi connectivity index (χ0v) is 9.22. The Hall–Kier alpha value is -0.800. The predicted octanol–water partition coefficient (Wildman–Crippen LogP) is 4.03. The summed E-state index contributed by atoms with van der Waals surface area (Å²) in [5.74, 6) is -0.285. The van der Waals surface area contributed by atoms with E-state index in [1.807, 2.05) is 6.08 Å². The summed E-state index contributed by atoms with van der Waals surface area (Å²) in [5, 5.41) is 0. The van der Waals surface area contributed by atoms with Crippen LogP contribution in [-0.4, -0.2) is 12.0 Å². The van der Waals surface area contributed by atoms with Gasteiger partial charge in [-0.15, -0.1) is 0 Å². The van der Waals surface area contributed by atoms with Crippen molar-refractivity contribution in [2.75, 3.05) is 0 Å². The number of rotatable bonds is 4. The molecule has 1 fully saturated rings. The molecule has 0 saturated heterocycles. The average molecular weight is 234 g/mol. The second-order valence-corrected chi connectivity index (χ2v) is 4.36. The predicted molar refractivity (Wildman–Crippen MR) is 56.0 cm³/mol. The molecule has 1 aliphatic carbocycles. The molecule has 1 saturated carbocycles. The minimum Gasteiger partial charge on any atom is -0.299 e. The van der Waals surface area contributed by atoms with E-state index < -0.39 is 18.4 Å². The number of carbonyl (C=O) groups excluding carboxylic acids is 1. The van der Waals surface area contributed by atoms with Crippen LogP contribution >= 0.6 is 0 Å². The van der Waals surface area contributed by atoms with Gasteiger partial charge in [-0.3, -0.25) is 4.79 Å². The van der Waals surface area contributed by atoms with Crippen LogP contribution in [0.5, 0.6) is 0 Å². The Morgan fingerprint density at radius 1 is 1.19 bits per heavy atom. The molecule has 0 bridgehead atoms. The van der Waals surface area contributed by atoms with Crippen molar-refractivity contribution in [1.82, 2.24) is 0 Å². The van der Waals surface area contributed by atoms with Gasteiger partial charge < -0.3 is 0 Å². The molecular weight excluding hydrogens is 217 g/mol. The van der Waals surface area contributed by atoms with Crippen molar-refractivity contribution in [3.05, 3.63) is 12.2 Å². The zero-order valence-electron chi connectivity index (χ0n) is 9.22. The molecule has 0 amide bonds. The Balaban J connectivity index is 2.22. The van der Waals surface area contributed by atoms with Crippen molar-refractivity contribution in [2.24, 2.45) is 5.92 Å². The normalized spacial score (nSPS) is 19.2. The highest BCUT2D eigenvalue weighted by atomic mass is 19.4. The number of halogens is 3. The Labute approximate surface area is 93.7 Å². The van der Waals surface area contributed by atoms with Crippen molar-refractivity contribution < 1.29 is 18.0 Å². The smallest absolute Gasteiger partial charge is 0.299 e. The SMILES string of the molecule is O=C(C/C=C/C1CCCCC1)CC(F)(F)F. The Morgan fingerprint density at radius 2 is 1.81 bits per heavy atom. The number of hydrogen-bond acceptors (Lipinski definition) is 1. The second-order valence-electron chi connectivity index (χ2n) is 4.36. The third-order valence-corrected chi connectivity index (χ3v) is 2.80. The summed E-state index contributed by atoms with van der Waals surface area (Å²) in [6, 6.07) is 0. The third-order valence-electron chi connectivity index (χ3n) is 2.80. The quantitative estimate of drug-likeness (QED) is 0.671. The van der Waals surface area contributed by atoms with E-state index in [0.717, 1.165) is 12.8 Å². The highest BCUT2D eigenvalue weighted by Crippen LogP contribution is 2.25. The average Bonchev–Trinajstić information content (AvgIpc) is 2.16. The highest BCUT2D eigenvalue weighted by molar-refractivity contribution is 5.80. The summed E-state index contributed by atoms with van der Waals surface area (Å²) in [6.07, 6.45) is 3.58. The van der Waals surface area contributed by atoms with Gasteiger partial charge in [-0.2, -0.15) is 13.2 Å². The summed E-state index contributed by atoms with van der Waals surface area (Å²) in [5.41, 5.74) is 0. The largest absolute Gasteiger partial charge is 0.395 e. The Kier molecular flexibility index (Phi) is 5.03. The number of ketones is 1. The van der Waals surface area contributed by atoms with E-state index in [9.17, 15) is 18.0 Å². The van der Waals surface area contributed by atoms with Crippen molar-refractivity contribution in [3.8, 4) is 0 Å². The zero-order chi connectivity index (χ0) is 12.0. The van der Waals surface area contributed by atoms with E-state index in [0.29, 0.717) is 5.92 Å². The Bertz CT molecular complexity index is 249. The molecule has 0 N–H and O–H groups in total. The van der Waals surface area contributed by atoms with Gasteiger partial charge in [0.25, 0.3) is 0 Å². The Morgan fingerprint density at radius 3 is 2.38 bits per heavy atom. The van der Waals surface area contributed by atoms with Crippen LogP contribution < -0.4 is 0 Å². The maximum absolute atomic E-state index is 11.8. The molecule has 0 unspecified atom stereocenters. The van der Waals surface area contributed by atoms with Crippen LogP contribution in [0.1, 0.15) is 44.9 Å². The van der Waals surface area contributed by atoms with Gasteiger partial charge in [0.2, 0.25) is 0 Å². The molecule has 0 aliphatic heterocycles. The molecule has 1 nitrogen and oxygen atoms in total. The molecule has 0 aromatic heterocycles. The van der Waals surface area contributed by atoms with Crippen LogP contribution in [0.25, 0.3) is 0 Å². The summed E-state index contributed by atoms with van der Waals surface area (Å²) in [6.45, 7) is 0. The van der Waals surface area contributed by atoms with E-state index in [1.165, 1.54) is 19.3 Å². The maximum atomic E-state index is 11.8. The lowest BCUT2D eigenvalue weighted by Crippen LogP contribution is -2.14. The van der Waals surface area contributed by atoms with Crippen molar-refractivity contribution >= 4 is 5.78 Å². The maximum Gasteiger partial charge on any atom is 0.395 e. The van der Waals surface area contributed by atoms with Gasteiger partial charge >= 0.3 is 6.18 Å². The second kappa shape index (κ2) is 6.06. The van der Waals surface area contributed by atoms with Crippen molar-refractivity contribution in [3.63, 3.8) is 0 Å². The molecular formula is C12H17F3O. The molecule has 4 heteroatoms. The van der Waals surface area contributed by atoms with Gasteiger partial charge in [-0.25, -0.2) is 0 Å². The fraction of sp³-hybridized carbons (Fsp3) is 0.750. The molecule has 1 rings (SSSR count). The van der Waals surface area contributed by atoms with E-state index in [4.69, 9.17) is 0 Å². The van der Waals surface area contributed by atoms with Crippen LogP contribution in [0.3, 0.4) is 0 Å². The van der Waals surface area contributed by atoms with Crippen LogP contribution in [0.2, 0.25) is 0 Å². The van der Waals surface area contributed by atoms with E-state index >= 15 is 0 Å². The van der Waals surface area contributed by atoms with Gasteiger partial charge in [-0.05, 0) is 18.8 Å². The van der Waals surface area contributed by atoms with Crippen LogP contribution in [0, 0.1) is 5.92 Å². The molecule has 0 atom stereocenters. The standard InChI is InChI=1S/C12H17F3O/c13-12(14,15)9-11(16)8-4-7-10-5-2-1-3-6-10/h4,7,10H,1-3,5-6,8-9H2/b7-4+. The molecule has 16 heavy (non-hydrogen) atoms. The van der Waals surface area contributed by atoms with Gasteiger partial charge in [0, 0.05) is 6.42 Å². The van der Waals surface area contributed by atoms with E-state index in [2.05, 4.69) is 0 Å². The molecule has 0 aromatic carbocycles. The van der Waals surface area contributed by atoms with E-state index in [1.54, 1.807) is 6.08 Å². The molecule has 0 spiro atoms. The minimum atomic E-state index is -4.37. The summed E-state index contributed by atoms with van der Waals surface area (Å²) >= 11 is 0. The van der Waals surface area contributed by atoms with E-state index in [-0.39, 0.29) is 6.42 Å². The number of Topliss-reactive ketones (excluding diaryl/α,β-unsaturated/α-hetero) is 1. The number of alkyl halides is 3. The van der Waals surface area contributed by atoms with Gasteiger partial charge in [0.05, 0.1) is 0 Å². The molecule has 0 radical (unpaired) electrons. The summed E-state index contributed by atoms with van der Waals surface area (Å²) in [4.78, 5) is 10.9. The van der Waals surface area contributed by atoms with Gasteiger partial charge in [-0.1, -0.05) is 31.4 Å². The van der Waals surface area contributed by atoms with Crippen LogP contribution in [-0.2, 0) is 4.79 Å². The van der Waals surface area contributed by atoms with Crippen LogP contribution in [0.4, 0.5) is 13.2 Å². The summed E-state index contributed by atoms with van der Waals surface area (Å²) in [7, 11) is 0.